The monoisotopic (exact) mass is 395 g/mol. The first-order valence-electron chi connectivity index (χ1n) is 10.5. The molecular weight excluding hydrogens is 366 g/mol. The van der Waals surface area contributed by atoms with Crippen molar-refractivity contribution >= 4 is 22.7 Å². The lowest BCUT2D eigenvalue weighted by atomic mass is 10.0. The lowest BCUT2D eigenvalue weighted by molar-refractivity contribution is -0.136. The van der Waals surface area contributed by atoms with Crippen molar-refractivity contribution in [2.24, 2.45) is 11.8 Å². The molecule has 2 aliphatic rings. The van der Waals surface area contributed by atoms with Gasteiger partial charge >= 0.3 is 0 Å². The van der Waals surface area contributed by atoms with Gasteiger partial charge in [0.25, 0.3) is 0 Å². The number of fused-ring (bicyclic) bond motifs is 3. The summed E-state index contributed by atoms with van der Waals surface area (Å²) >= 11 is 0. The number of piperidine rings is 1. The van der Waals surface area contributed by atoms with Gasteiger partial charge in [-0.3, -0.25) is 14.6 Å². The van der Waals surface area contributed by atoms with Gasteiger partial charge in [0.05, 0.1) is 18.0 Å². The van der Waals surface area contributed by atoms with Crippen molar-refractivity contribution in [2.45, 2.75) is 57.7 Å². The van der Waals surface area contributed by atoms with Crippen LogP contribution in [0.15, 0.2) is 36.5 Å². The Bertz CT molecular complexity index is 913. The Hall–Kier alpha value is -2.47. The molecule has 29 heavy (non-hydrogen) atoms. The second-order valence-electron chi connectivity index (χ2n) is 8.92. The van der Waals surface area contributed by atoms with Crippen LogP contribution in [-0.4, -0.2) is 51.5 Å². The van der Waals surface area contributed by atoms with E-state index in [4.69, 9.17) is 0 Å². The molecule has 2 N–H and O–H groups in total. The van der Waals surface area contributed by atoms with Gasteiger partial charge in [-0.25, -0.2) is 0 Å². The number of hydrogen-bond donors (Lipinski definition) is 2. The number of aliphatic hydroxyl groups excluding tert-OH is 1. The lowest BCUT2D eigenvalue weighted by Crippen LogP contribution is -2.54. The molecule has 2 bridgehead atoms. The maximum absolute atomic E-state index is 13.0. The third-order valence-corrected chi connectivity index (χ3v) is 6.15. The van der Waals surface area contributed by atoms with Crippen molar-refractivity contribution in [2.75, 3.05) is 6.54 Å². The molecule has 4 atom stereocenters. The smallest absolute Gasteiger partial charge is 0.249 e. The van der Waals surface area contributed by atoms with Crippen molar-refractivity contribution in [3.63, 3.8) is 0 Å². The zero-order valence-corrected chi connectivity index (χ0v) is 17.0. The second-order valence-corrected chi connectivity index (χ2v) is 8.92. The summed E-state index contributed by atoms with van der Waals surface area (Å²) in [5.74, 6) is 0.469. The summed E-state index contributed by atoms with van der Waals surface area (Å²) in [5, 5.41) is 14.1. The van der Waals surface area contributed by atoms with Crippen LogP contribution < -0.4 is 5.32 Å². The maximum Gasteiger partial charge on any atom is 0.249 e. The first kappa shape index (κ1) is 19.8. The number of likely N-dealkylation sites (tertiary alicyclic amines) is 1. The van der Waals surface area contributed by atoms with Crippen LogP contribution in [0.1, 0.15) is 38.7 Å². The van der Waals surface area contributed by atoms with E-state index in [0.717, 1.165) is 35.9 Å². The fourth-order valence-corrected chi connectivity index (χ4v) is 4.81. The average molecular weight is 396 g/mol. The predicted molar refractivity (Wildman–Crippen MR) is 111 cm³/mol. The van der Waals surface area contributed by atoms with Gasteiger partial charge in [0.2, 0.25) is 11.8 Å². The molecule has 4 rings (SSSR count). The minimum absolute atomic E-state index is 0.0322. The molecule has 1 aromatic heterocycles. The summed E-state index contributed by atoms with van der Waals surface area (Å²) in [6.45, 7) is 4.73. The Morgan fingerprint density at radius 1 is 1.28 bits per heavy atom. The van der Waals surface area contributed by atoms with E-state index in [2.05, 4.69) is 10.3 Å². The van der Waals surface area contributed by atoms with Gasteiger partial charge in [-0.15, -0.1) is 0 Å². The summed E-state index contributed by atoms with van der Waals surface area (Å²) < 4.78 is 0. The number of benzene rings is 1. The molecule has 2 aromatic rings. The third kappa shape index (κ3) is 4.27. The van der Waals surface area contributed by atoms with E-state index in [9.17, 15) is 14.7 Å². The van der Waals surface area contributed by atoms with Gasteiger partial charge in [0.15, 0.2) is 0 Å². The largest absolute Gasteiger partial charge is 0.383 e. The van der Waals surface area contributed by atoms with Gasteiger partial charge in [-0.2, -0.15) is 0 Å². The van der Waals surface area contributed by atoms with Crippen molar-refractivity contribution in [1.82, 2.24) is 15.2 Å². The van der Waals surface area contributed by atoms with Crippen LogP contribution in [0.25, 0.3) is 10.9 Å². The number of nitrogens with zero attached hydrogens (tertiary/aromatic N) is 2. The van der Waals surface area contributed by atoms with Gasteiger partial charge in [0.1, 0.15) is 6.10 Å². The van der Waals surface area contributed by atoms with Crippen LogP contribution in [0.3, 0.4) is 0 Å². The van der Waals surface area contributed by atoms with Crippen molar-refractivity contribution in [3.8, 4) is 0 Å². The summed E-state index contributed by atoms with van der Waals surface area (Å²) in [6.07, 6.45) is 3.40. The quantitative estimate of drug-likeness (QED) is 0.786. The molecule has 1 aliphatic carbocycles. The first-order valence-corrected chi connectivity index (χ1v) is 10.5. The molecule has 154 valence electrons. The van der Waals surface area contributed by atoms with Crippen LogP contribution in [0.4, 0.5) is 0 Å². The fraction of sp³-hybridized carbons (Fsp3) is 0.522. The molecule has 0 spiro atoms. The molecule has 0 unspecified atom stereocenters. The van der Waals surface area contributed by atoms with E-state index in [-0.39, 0.29) is 29.8 Å². The molecule has 1 aliphatic heterocycles. The molecular formula is C23H29N3O3. The second kappa shape index (κ2) is 8.11. The molecule has 1 saturated heterocycles. The molecule has 2 fully saturated rings. The van der Waals surface area contributed by atoms with Gasteiger partial charge in [-0.05, 0) is 54.9 Å². The highest BCUT2D eigenvalue weighted by Crippen LogP contribution is 2.38. The molecule has 6 nitrogen and oxygen atoms in total. The number of aromatic nitrogens is 1. The van der Waals surface area contributed by atoms with Gasteiger partial charge in [-0.1, -0.05) is 26.0 Å². The molecule has 2 heterocycles. The zero-order chi connectivity index (χ0) is 20.5. The van der Waals surface area contributed by atoms with E-state index < -0.39 is 6.10 Å². The molecule has 1 saturated carbocycles. The Labute approximate surface area is 171 Å². The zero-order valence-electron chi connectivity index (χ0n) is 17.0. The highest BCUT2D eigenvalue weighted by Gasteiger charge is 2.47. The summed E-state index contributed by atoms with van der Waals surface area (Å²) in [5.41, 5.74) is 1.90. The minimum Gasteiger partial charge on any atom is -0.383 e. The topological polar surface area (TPSA) is 82.5 Å². The third-order valence-electron chi connectivity index (χ3n) is 6.15. The van der Waals surface area contributed by atoms with Crippen molar-refractivity contribution < 1.29 is 14.7 Å². The van der Waals surface area contributed by atoms with Crippen LogP contribution in [0.5, 0.6) is 0 Å². The molecule has 0 radical (unpaired) electrons. The molecule has 1 aromatic carbocycles. The standard InChI is InChI=1S/C23H29N3O3/c1-14(2)8-21(27)23(29)25-19-10-16-11-20(19)26(13-16)22(28)12-15-5-6-18-17(9-15)4-3-7-24-18/h3-7,9,14,16,19-21,27H,8,10-13H2,1-2H3,(H,25,29)/t16-,19+,20-,21-/m0/s1. The summed E-state index contributed by atoms with van der Waals surface area (Å²) in [7, 11) is 0. The predicted octanol–water partition coefficient (Wildman–Crippen LogP) is 2.29. The Kier molecular flexibility index (Phi) is 5.54. The number of pyridine rings is 1. The van der Waals surface area contributed by atoms with Crippen molar-refractivity contribution in [3.05, 3.63) is 42.1 Å². The van der Waals surface area contributed by atoms with Crippen LogP contribution in [0, 0.1) is 11.8 Å². The lowest BCUT2D eigenvalue weighted by Gasteiger charge is -2.34. The minimum atomic E-state index is -0.982. The number of carbonyl (C=O) groups excluding carboxylic acids is 2. The van der Waals surface area contributed by atoms with Crippen LogP contribution in [0.2, 0.25) is 0 Å². The van der Waals surface area contributed by atoms with E-state index in [1.165, 1.54) is 0 Å². The van der Waals surface area contributed by atoms with Gasteiger partial charge in [0, 0.05) is 24.2 Å². The SMILES string of the molecule is CC(C)C[C@H](O)C(=O)N[C@@H]1C[C@H]2C[C@@H]1N(C(=O)Cc1ccc3ncccc3c1)C2. The number of carbonyl (C=O) groups is 2. The Morgan fingerprint density at radius 2 is 2.10 bits per heavy atom. The van der Waals surface area contributed by atoms with E-state index in [1.54, 1.807) is 6.20 Å². The number of amides is 2. The van der Waals surface area contributed by atoms with Crippen molar-refractivity contribution in [1.29, 1.82) is 0 Å². The maximum atomic E-state index is 13.0. The number of aliphatic hydroxyl groups is 1. The van der Waals surface area contributed by atoms with E-state index >= 15 is 0 Å². The Balaban J connectivity index is 1.39. The Morgan fingerprint density at radius 3 is 2.86 bits per heavy atom. The van der Waals surface area contributed by atoms with E-state index in [1.807, 2.05) is 49.1 Å². The van der Waals surface area contributed by atoms with Crippen LogP contribution >= 0.6 is 0 Å². The first-order chi connectivity index (χ1) is 13.9. The van der Waals surface area contributed by atoms with E-state index in [0.29, 0.717) is 18.8 Å². The normalized spacial score (nSPS) is 24.3. The summed E-state index contributed by atoms with van der Waals surface area (Å²) in [4.78, 5) is 31.6. The highest BCUT2D eigenvalue weighted by atomic mass is 16.3. The van der Waals surface area contributed by atoms with Crippen LogP contribution in [-0.2, 0) is 16.0 Å². The fourth-order valence-electron chi connectivity index (χ4n) is 4.81. The summed E-state index contributed by atoms with van der Waals surface area (Å²) in [6, 6.07) is 9.81. The highest BCUT2D eigenvalue weighted by molar-refractivity contribution is 5.84. The number of rotatable bonds is 6. The average Bonchev–Trinajstić information content (AvgIpc) is 3.28. The molecule has 2 amide bonds. The number of hydrogen-bond acceptors (Lipinski definition) is 4. The van der Waals surface area contributed by atoms with Gasteiger partial charge < -0.3 is 15.3 Å². The number of nitrogens with one attached hydrogen (secondary N) is 1. The molecule has 6 heteroatoms.